The molecule has 2 aliphatic carbocycles. The Labute approximate surface area is 133 Å². The Morgan fingerprint density at radius 2 is 1.59 bits per heavy atom. The Kier molecular flexibility index (Phi) is 4.80. The molecule has 3 nitrogen and oxygen atoms in total. The molecule has 22 heavy (non-hydrogen) atoms. The van der Waals surface area contributed by atoms with Crippen LogP contribution in [0.3, 0.4) is 0 Å². The first-order valence-electron chi connectivity index (χ1n) is 8.92. The first kappa shape index (κ1) is 15.5. The van der Waals surface area contributed by atoms with E-state index < -0.39 is 0 Å². The van der Waals surface area contributed by atoms with Crippen molar-refractivity contribution in [2.24, 2.45) is 23.7 Å². The molecular weight excluding hydrogens is 274 g/mol. The second-order valence-electron chi connectivity index (χ2n) is 7.05. The molecule has 2 bridgehead atoms. The second kappa shape index (κ2) is 6.80. The third-order valence-corrected chi connectivity index (χ3v) is 5.84. The highest BCUT2D eigenvalue weighted by Crippen LogP contribution is 2.51. The first-order chi connectivity index (χ1) is 10.7. The molecule has 1 heterocycles. The summed E-state index contributed by atoms with van der Waals surface area (Å²) in [4.78, 5) is 24.2. The first-order valence-corrected chi connectivity index (χ1v) is 8.92. The van der Waals surface area contributed by atoms with Crippen LogP contribution in [0, 0.1) is 23.7 Å². The lowest BCUT2D eigenvalue weighted by molar-refractivity contribution is -0.136. The van der Waals surface area contributed by atoms with Crippen LogP contribution in [0.4, 0.5) is 0 Å². The van der Waals surface area contributed by atoms with Crippen molar-refractivity contribution in [1.82, 2.24) is 4.90 Å². The fraction of sp³-hybridized carbons (Fsp3) is 0.684. The number of rotatable bonds is 8. The molecule has 4 atom stereocenters. The summed E-state index contributed by atoms with van der Waals surface area (Å²) < 4.78 is 0. The van der Waals surface area contributed by atoms with Gasteiger partial charge in [-0.25, -0.2) is 0 Å². The number of imide groups is 1. The SMILES string of the molecule is CCC1C2C=CC(C2)C1CCCCCCN1C(=O)C=CC1=O. The zero-order valence-electron chi connectivity index (χ0n) is 13.5. The number of amides is 2. The van der Waals surface area contributed by atoms with Gasteiger partial charge in [-0.15, -0.1) is 0 Å². The van der Waals surface area contributed by atoms with Crippen LogP contribution in [-0.2, 0) is 9.59 Å². The van der Waals surface area contributed by atoms with Gasteiger partial charge in [-0.3, -0.25) is 14.5 Å². The number of allylic oxidation sites excluding steroid dienone is 2. The monoisotopic (exact) mass is 301 g/mol. The Hall–Kier alpha value is -1.38. The van der Waals surface area contributed by atoms with E-state index in [1.807, 2.05) is 0 Å². The van der Waals surface area contributed by atoms with Gasteiger partial charge in [0.1, 0.15) is 0 Å². The molecule has 0 aromatic carbocycles. The van der Waals surface area contributed by atoms with Crippen molar-refractivity contribution in [3.63, 3.8) is 0 Å². The van der Waals surface area contributed by atoms with Crippen LogP contribution in [0.5, 0.6) is 0 Å². The summed E-state index contributed by atoms with van der Waals surface area (Å²) in [6.07, 6.45) is 16.3. The van der Waals surface area contributed by atoms with E-state index in [0.29, 0.717) is 6.54 Å². The number of unbranched alkanes of at least 4 members (excludes halogenated alkanes) is 3. The topological polar surface area (TPSA) is 37.4 Å². The van der Waals surface area contributed by atoms with E-state index in [1.54, 1.807) is 0 Å². The molecule has 3 heteroatoms. The predicted octanol–water partition coefficient (Wildman–Crippen LogP) is 3.71. The number of hydrogen-bond acceptors (Lipinski definition) is 2. The molecule has 1 saturated carbocycles. The molecule has 0 saturated heterocycles. The lowest BCUT2D eigenvalue weighted by Gasteiger charge is -2.27. The fourth-order valence-corrected chi connectivity index (χ4v) is 4.72. The summed E-state index contributed by atoms with van der Waals surface area (Å²) in [5.41, 5.74) is 0. The zero-order valence-corrected chi connectivity index (χ0v) is 13.5. The van der Waals surface area contributed by atoms with E-state index in [9.17, 15) is 9.59 Å². The average Bonchev–Trinajstić information content (AvgIpc) is 3.19. The quantitative estimate of drug-likeness (QED) is 0.389. The summed E-state index contributed by atoms with van der Waals surface area (Å²) in [5, 5.41) is 0. The van der Waals surface area contributed by atoms with E-state index >= 15 is 0 Å². The molecule has 2 amide bonds. The molecule has 0 radical (unpaired) electrons. The molecule has 1 fully saturated rings. The van der Waals surface area contributed by atoms with Gasteiger partial charge < -0.3 is 0 Å². The Bertz CT molecular complexity index is 476. The number of carbonyl (C=O) groups excluding carboxylic acids is 2. The van der Waals surface area contributed by atoms with Crippen molar-refractivity contribution in [1.29, 1.82) is 0 Å². The van der Waals surface area contributed by atoms with Gasteiger partial charge in [-0.05, 0) is 42.9 Å². The Morgan fingerprint density at radius 1 is 0.955 bits per heavy atom. The molecule has 0 spiro atoms. The molecule has 3 rings (SSSR count). The minimum atomic E-state index is -0.149. The average molecular weight is 301 g/mol. The maximum atomic E-state index is 11.4. The lowest BCUT2D eigenvalue weighted by Crippen LogP contribution is -2.30. The highest BCUT2D eigenvalue weighted by Gasteiger charge is 2.42. The molecule has 4 unspecified atom stereocenters. The molecule has 0 aromatic rings. The summed E-state index contributed by atoms with van der Waals surface area (Å²) in [5.74, 6) is 3.24. The van der Waals surface area contributed by atoms with E-state index in [2.05, 4.69) is 19.1 Å². The molecule has 0 N–H and O–H groups in total. The normalized spacial score (nSPS) is 32.7. The molecule has 0 aromatic heterocycles. The standard InChI is InChI=1S/C19H27NO2/c1-2-16-14-8-9-15(13-14)17(16)7-5-3-4-6-12-20-18(21)10-11-19(20)22/h8-11,14-17H,2-7,12-13H2,1H3. The number of hydrogen-bond donors (Lipinski definition) is 0. The van der Waals surface area contributed by atoms with Crippen LogP contribution in [0.1, 0.15) is 51.9 Å². The Balaban J connectivity index is 1.31. The van der Waals surface area contributed by atoms with Gasteiger partial charge >= 0.3 is 0 Å². The summed E-state index contributed by atoms with van der Waals surface area (Å²) in [6.45, 7) is 2.92. The van der Waals surface area contributed by atoms with Crippen molar-refractivity contribution in [3.8, 4) is 0 Å². The molecule has 1 aliphatic heterocycles. The smallest absolute Gasteiger partial charge is 0.253 e. The van der Waals surface area contributed by atoms with Crippen molar-refractivity contribution >= 4 is 11.8 Å². The van der Waals surface area contributed by atoms with Gasteiger partial charge in [0.05, 0.1) is 0 Å². The van der Waals surface area contributed by atoms with Crippen LogP contribution in [0.2, 0.25) is 0 Å². The van der Waals surface area contributed by atoms with Gasteiger partial charge in [0.2, 0.25) is 0 Å². The number of carbonyl (C=O) groups is 2. The van der Waals surface area contributed by atoms with Crippen LogP contribution in [-0.4, -0.2) is 23.3 Å². The van der Waals surface area contributed by atoms with Crippen LogP contribution < -0.4 is 0 Å². The van der Waals surface area contributed by atoms with Gasteiger partial charge in [0.25, 0.3) is 11.8 Å². The highest BCUT2D eigenvalue weighted by molar-refractivity contribution is 6.12. The van der Waals surface area contributed by atoms with Crippen molar-refractivity contribution in [3.05, 3.63) is 24.3 Å². The molecular formula is C19H27NO2. The number of nitrogens with zero attached hydrogens (tertiary/aromatic N) is 1. The van der Waals surface area contributed by atoms with Crippen molar-refractivity contribution in [2.45, 2.75) is 51.9 Å². The van der Waals surface area contributed by atoms with E-state index in [-0.39, 0.29) is 11.8 Å². The minimum Gasteiger partial charge on any atom is -0.275 e. The van der Waals surface area contributed by atoms with Gasteiger partial charge in [-0.2, -0.15) is 0 Å². The van der Waals surface area contributed by atoms with E-state index in [4.69, 9.17) is 0 Å². The van der Waals surface area contributed by atoms with Crippen LogP contribution in [0.15, 0.2) is 24.3 Å². The van der Waals surface area contributed by atoms with Crippen LogP contribution >= 0.6 is 0 Å². The van der Waals surface area contributed by atoms with E-state index in [1.165, 1.54) is 49.2 Å². The summed E-state index contributed by atoms with van der Waals surface area (Å²) >= 11 is 0. The van der Waals surface area contributed by atoms with Crippen molar-refractivity contribution in [2.75, 3.05) is 6.54 Å². The molecule has 120 valence electrons. The zero-order chi connectivity index (χ0) is 15.5. The van der Waals surface area contributed by atoms with Gasteiger partial charge in [-0.1, -0.05) is 44.8 Å². The summed E-state index contributed by atoms with van der Waals surface area (Å²) in [6, 6.07) is 0. The second-order valence-corrected chi connectivity index (χ2v) is 7.05. The number of fused-ring (bicyclic) bond motifs is 2. The fourth-order valence-electron chi connectivity index (χ4n) is 4.72. The summed E-state index contributed by atoms with van der Waals surface area (Å²) in [7, 11) is 0. The maximum absolute atomic E-state index is 11.4. The van der Waals surface area contributed by atoms with Gasteiger partial charge in [0, 0.05) is 18.7 Å². The Morgan fingerprint density at radius 3 is 2.27 bits per heavy atom. The highest BCUT2D eigenvalue weighted by atomic mass is 16.2. The van der Waals surface area contributed by atoms with E-state index in [0.717, 1.165) is 36.5 Å². The third-order valence-electron chi connectivity index (χ3n) is 5.84. The lowest BCUT2D eigenvalue weighted by atomic mass is 9.78. The third kappa shape index (κ3) is 3.04. The van der Waals surface area contributed by atoms with Gasteiger partial charge in [0.15, 0.2) is 0 Å². The maximum Gasteiger partial charge on any atom is 0.253 e. The minimum absolute atomic E-state index is 0.149. The van der Waals surface area contributed by atoms with Crippen molar-refractivity contribution < 1.29 is 9.59 Å². The predicted molar refractivity (Wildman–Crippen MR) is 87.0 cm³/mol. The largest absolute Gasteiger partial charge is 0.275 e. The molecule has 3 aliphatic rings. The van der Waals surface area contributed by atoms with Crippen LogP contribution in [0.25, 0.3) is 0 Å².